The molecule has 1 heteroatoms. The summed E-state index contributed by atoms with van der Waals surface area (Å²) in [5, 5.41) is 1.24. The minimum atomic E-state index is 0.994. The van der Waals surface area contributed by atoms with Gasteiger partial charge in [-0.15, -0.1) is 0 Å². The molecule has 2 rings (SSSR count). The highest BCUT2D eigenvalue weighted by atomic mass is 32.2. The summed E-state index contributed by atoms with van der Waals surface area (Å²) >= 11 is 0. The Labute approximate surface area is 41.3 Å². The molecule has 0 aromatic rings. The van der Waals surface area contributed by atoms with Crippen molar-refractivity contribution in [3.05, 3.63) is 0 Å². The van der Waals surface area contributed by atoms with E-state index in [9.17, 15) is 0 Å². The van der Waals surface area contributed by atoms with Gasteiger partial charge in [0.15, 0.2) is 11.0 Å². The van der Waals surface area contributed by atoms with Gasteiger partial charge in [-0.1, -0.05) is 0 Å². The summed E-state index contributed by atoms with van der Waals surface area (Å²) in [7, 11) is 0.994. The van der Waals surface area contributed by atoms with Crippen LogP contribution < -0.4 is 0 Å². The topological polar surface area (TPSA) is 0 Å². The zero-order chi connectivity index (χ0) is 3.98. The van der Waals surface area contributed by atoms with Crippen molar-refractivity contribution in [2.24, 2.45) is 0 Å². The lowest BCUT2D eigenvalue weighted by atomic mass is 10.3. The highest BCUT2D eigenvalue weighted by Crippen LogP contribution is 2.36. The summed E-state index contributed by atoms with van der Waals surface area (Å²) in [6.45, 7) is 0. The van der Waals surface area contributed by atoms with Crippen LogP contribution in [0.15, 0.2) is 0 Å². The van der Waals surface area contributed by atoms with E-state index < -0.39 is 0 Å². The van der Waals surface area contributed by atoms with Crippen molar-refractivity contribution in [2.45, 2.75) is 18.1 Å². The van der Waals surface area contributed by atoms with Gasteiger partial charge in [0.05, 0.1) is 0 Å². The molecule has 0 aromatic heterocycles. The van der Waals surface area contributed by atoms with Crippen LogP contribution in [0.3, 0.4) is 0 Å². The maximum Gasteiger partial charge on any atom is 0.162 e. The van der Waals surface area contributed by atoms with E-state index in [1.165, 1.54) is 5.25 Å². The Balaban J connectivity index is 2.09. The Morgan fingerprint density at radius 1 is 1.50 bits per heavy atom. The number of fused-ring (bicyclic) bond motifs is 1. The molecule has 2 heterocycles. The molecule has 34 valence electrons. The average Bonchev–Trinajstić information content (AvgIpc) is 2.17. The number of hydrogen-bond donors (Lipinski definition) is 0. The Hall–Kier alpha value is 0.350. The van der Waals surface area contributed by atoms with Gasteiger partial charge in [0.1, 0.15) is 5.75 Å². The van der Waals surface area contributed by atoms with E-state index in [1.54, 1.807) is 24.3 Å². The largest absolute Gasteiger partial charge is 0.162 e. The van der Waals surface area contributed by atoms with E-state index in [0.717, 1.165) is 10.9 Å². The van der Waals surface area contributed by atoms with E-state index in [0.29, 0.717) is 0 Å². The lowest BCUT2D eigenvalue weighted by Crippen LogP contribution is -1.79. The molecule has 2 saturated heterocycles. The molecule has 0 amide bonds. The third kappa shape index (κ3) is 0.320. The monoisotopic (exact) mass is 101 g/mol. The van der Waals surface area contributed by atoms with Crippen molar-refractivity contribution in [3.8, 4) is 0 Å². The van der Waals surface area contributed by atoms with Crippen LogP contribution in [0.5, 0.6) is 0 Å². The van der Waals surface area contributed by atoms with Crippen molar-refractivity contribution >= 4 is 10.9 Å². The molecule has 2 aliphatic heterocycles. The molecular weight excluding hydrogens is 92.1 g/mol. The zero-order valence-electron chi connectivity index (χ0n) is 3.81. The molecule has 0 bridgehead atoms. The second-order valence-corrected chi connectivity index (χ2v) is 4.66. The average molecular weight is 101 g/mol. The molecule has 2 aliphatic rings. The first-order valence-corrected chi connectivity index (χ1v) is 4.26. The summed E-state index contributed by atoms with van der Waals surface area (Å²) in [6, 6.07) is 0. The first-order valence-electron chi connectivity index (χ1n) is 2.63. The second-order valence-electron chi connectivity index (χ2n) is 2.17. The molecule has 0 aromatic carbocycles. The quantitative estimate of drug-likeness (QED) is 0.312. The van der Waals surface area contributed by atoms with Gasteiger partial charge in [-0.2, -0.15) is 0 Å². The van der Waals surface area contributed by atoms with Gasteiger partial charge in [-0.25, -0.2) is 0 Å². The molecule has 0 N–H and O–H groups in total. The molecule has 2 fully saturated rings. The normalized spacial score (nSPS) is 52.0. The molecule has 2 unspecified atom stereocenters. The number of hydrogen-bond acceptors (Lipinski definition) is 0. The van der Waals surface area contributed by atoms with E-state index in [1.807, 2.05) is 0 Å². The fraction of sp³-hybridized carbons (Fsp3) is 1.00. The van der Waals surface area contributed by atoms with Gasteiger partial charge in [-0.05, 0) is 6.42 Å². The molecule has 0 spiro atoms. The van der Waals surface area contributed by atoms with Crippen molar-refractivity contribution in [3.63, 3.8) is 0 Å². The lowest BCUT2D eigenvalue weighted by molar-refractivity contribution is 0.860. The molecule has 6 heavy (non-hydrogen) atoms. The van der Waals surface area contributed by atoms with Crippen LogP contribution in [0, 0.1) is 0 Å². The Kier molecular flexibility index (Phi) is 0.530. The highest BCUT2D eigenvalue weighted by molar-refractivity contribution is 8.04. The first kappa shape index (κ1) is 3.36. The molecule has 0 radical (unpaired) electrons. The van der Waals surface area contributed by atoms with Gasteiger partial charge in [0.2, 0.25) is 0 Å². The van der Waals surface area contributed by atoms with Crippen LogP contribution in [0.4, 0.5) is 0 Å². The van der Waals surface area contributed by atoms with Crippen LogP contribution in [0.1, 0.15) is 12.8 Å². The van der Waals surface area contributed by atoms with Crippen LogP contribution in [-0.2, 0) is 10.9 Å². The standard InChI is InChI=1S/C5H9S/c1-2-5-4-6(5)3-1/h5H,1-4H2/q+1. The van der Waals surface area contributed by atoms with Crippen molar-refractivity contribution in [1.82, 2.24) is 0 Å². The second kappa shape index (κ2) is 0.945. The predicted molar refractivity (Wildman–Crippen MR) is 30.1 cm³/mol. The summed E-state index contributed by atoms with van der Waals surface area (Å²) in [4.78, 5) is 0. The van der Waals surface area contributed by atoms with Gasteiger partial charge >= 0.3 is 0 Å². The fourth-order valence-corrected chi connectivity index (χ4v) is 3.59. The predicted octanol–water partition coefficient (Wildman–Crippen LogP) is 0.781. The minimum Gasteiger partial charge on any atom is -0.00305 e. The highest BCUT2D eigenvalue weighted by Gasteiger charge is 2.53. The molecule has 0 aliphatic carbocycles. The summed E-state index contributed by atoms with van der Waals surface area (Å²) in [5.41, 5.74) is 0. The van der Waals surface area contributed by atoms with Crippen LogP contribution in [-0.4, -0.2) is 16.8 Å². The van der Waals surface area contributed by atoms with Crippen molar-refractivity contribution in [2.75, 3.05) is 11.5 Å². The number of rotatable bonds is 0. The van der Waals surface area contributed by atoms with Crippen LogP contribution >= 0.6 is 0 Å². The van der Waals surface area contributed by atoms with Gasteiger partial charge in [-0.3, -0.25) is 0 Å². The zero-order valence-corrected chi connectivity index (χ0v) is 4.63. The summed E-state index contributed by atoms with van der Waals surface area (Å²) in [5.74, 6) is 3.20. The third-order valence-corrected chi connectivity index (χ3v) is 4.25. The van der Waals surface area contributed by atoms with Crippen LogP contribution in [0.2, 0.25) is 0 Å². The molecule has 0 nitrogen and oxygen atoms in total. The van der Waals surface area contributed by atoms with Gasteiger partial charge < -0.3 is 0 Å². The van der Waals surface area contributed by atoms with Crippen molar-refractivity contribution in [1.29, 1.82) is 0 Å². The molecule has 0 saturated carbocycles. The fourth-order valence-electron chi connectivity index (χ4n) is 1.20. The third-order valence-electron chi connectivity index (χ3n) is 1.69. The maximum atomic E-state index is 1.61. The molecule has 2 atom stereocenters. The SMILES string of the molecule is C1CC2C[S+]2C1. The van der Waals surface area contributed by atoms with E-state index in [4.69, 9.17) is 0 Å². The smallest absolute Gasteiger partial charge is 0.00305 e. The van der Waals surface area contributed by atoms with E-state index in [-0.39, 0.29) is 0 Å². The maximum absolute atomic E-state index is 1.61. The van der Waals surface area contributed by atoms with Gasteiger partial charge in [0.25, 0.3) is 0 Å². The van der Waals surface area contributed by atoms with Gasteiger partial charge in [0, 0.05) is 17.3 Å². The Bertz CT molecular complexity index is 62.3. The van der Waals surface area contributed by atoms with E-state index >= 15 is 0 Å². The van der Waals surface area contributed by atoms with Crippen LogP contribution in [0.25, 0.3) is 0 Å². The Morgan fingerprint density at radius 3 is 2.67 bits per heavy atom. The Morgan fingerprint density at radius 2 is 2.50 bits per heavy atom. The van der Waals surface area contributed by atoms with Crippen molar-refractivity contribution < 1.29 is 0 Å². The minimum absolute atomic E-state index is 0.994. The first-order chi connectivity index (χ1) is 2.97. The lowest BCUT2D eigenvalue weighted by Gasteiger charge is -1.70. The van der Waals surface area contributed by atoms with E-state index in [2.05, 4.69) is 0 Å². The molecular formula is C5H9S+. The summed E-state index contributed by atoms with van der Waals surface area (Å²) < 4.78 is 0. The summed E-state index contributed by atoms with van der Waals surface area (Å²) in [6.07, 6.45) is 3.12.